The minimum Gasteiger partial charge on any atom is -0.463 e. The van der Waals surface area contributed by atoms with Crippen molar-refractivity contribution in [2.75, 3.05) is 39.6 Å². The molecule has 0 saturated carbocycles. The van der Waals surface area contributed by atoms with Gasteiger partial charge in [-0.15, -0.1) is 0 Å². The Hall–Kier alpha value is -10.0. The summed E-state index contributed by atoms with van der Waals surface area (Å²) in [5.41, 5.74) is 0. The van der Waals surface area contributed by atoms with E-state index in [2.05, 4.69) is 0 Å². The van der Waals surface area contributed by atoms with Crippen LogP contribution in [-0.2, 0) is 228 Å². The van der Waals surface area contributed by atoms with Crippen molar-refractivity contribution < 1.29 is 228 Å². The van der Waals surface area contributed by atoms with E-state index in [4.69, 9.17) is 142 Å². The summed E-state index contributed by atoms with van der Waals surface area (Å²) in [5, 5.41) is 0. The number of carbonyl (C=O) groups excluding carboxylic acids is 18. The van der Waals surface area contributed by atoms with E-state index < -0.39 is 331 Å². The summed E-state index contributed by atoms with van der Waals surface area (Å²) in [7, 11) is 0. The van der Waals surface area contributed by atoms with Gasteiger partial charge in [0.2, 0.25) is 0 Å². The molecular weight excluding hydrogens is 1630 g/mol. The third kappa shape index (κ3) is 27.5. The highest BCUT2D eigenvalue weighted by atomic mass is 16.8. The van der Waals surface area contributed by atoms with Crippen molar-refractivity contribution >= 4 is 107 Å². The molecule has 672 valence electrons. The van der Waals surface area contributed by atoms with E-state index in [1.165, 1.54) is 0 Å². The molecule has 22 heterocycles. The van der Waals surface area contributed by atoms with Gasteiger partial charge in [-0.25, -0.2) is 0 Å². The van der Waals surface area contributed by atoms with Crippen molar-refractivity contribution in [2.45, 2.75) is 309 Å². The molecule has 48 nitrogen and oxygen atoms in total. The predicted molar refractivity (Wildman–Crippen MR) is 368 cm³/mol. The molecule has 0 N–H and O–H groups in total. The summed E-state index contributed by atoms with van der Waals surface area (Å²) in [6.45, 7) is 9.13. The fraction of sp³-hybridized carbons (Fsp3) is 0.750. The highest BCUT2D eigenvalue weighted by molar-refractivity contribution is 5.72. The zero-order chi connectivity index (χ0) is 89.2. The zero-order valence-electron chi connectivity index (χ0n) is 68.2. The molecule has 22 saturated heterocycles. The quantitative estimate of drug-likeness (QED) is 0.0697. The Morgan fingerprint density at radius 1 is 0.150 bits per heavy atom. The topological polar surface area (TPSA) is 584 Å². The van der Waals surface area contributed by atoms with Crippen LogP contribution in [0.4, 0.5) is 0 Å². The van der Waals surface area contributed by atoms with E-state index >= 15 is 0 Å². The summed E-state index contributed by atoms with van der Waals surface area (Å²) in [5.74, 6) is -21.5. The van der Waals surface area contributed by atoms with E-state index in [9.17, 15) is 86.3 Å². The van der Waals surface area contributed by atoms with E-state index in [-0.39, 0.29) is 0 Å². The van der Waals surface area contributed by atoms with Gasteiger partial charge in [0.05, 0.1) is 0 Å². The number of ether oxygens (including phenoxy) is 30. The molecule has 22 rings (SSSR count). The lowest BCUT2D eigenvalue weighted by Gasteiger charge is -2.52. The fourth-order valence-corrected chi connectivity index (χ4v) is 13.7. The van der Waals surface area contributed by atoms with Crippen LogP contribution in [0.3, 0.4) is 0 Å². The fourth-order valence-electron chi connectivity index (χ4n) is 13.7. The van der Waals surface area contributed by atoms with E-state index in [0.29, 0.717) is 0 Å². The molecule has 0 unspecified atom stereocenters. The lowest BCUT2D eigenvalue weighted by atomic mass is 9.94. The van der Waals surface area contributed by atoms with Gasteiger partial charge < -0.3 is 142 Å². The monoisotopic (exact) mass is 1730 g/mol. The van der Waals surface area contributed by atoms with Gasteiger partial charge in [0.15, 0.2) is 111 Å². The first-order valence-corrected chi connectivity index (χ1v) is 37.0. The van der Waals surface area contributed by atoms with Crippen LogP contribution in [0.15, 0.2) is 0 Å². The SMILES string of the molecule is CC(=O)OC[C@H]1O[C@@H]2O[C@H]3[C@H](OC(C)=O)[C@@H](OC(C)=O)[C@@H](O[C@H]4[C@H](OC(C)=O)[C@@H](OC(C)=O)[C@@H](O[C@H]5[C@H](OC(C)=O)[C@@H](OC(C)=O)[C@@H](O[C@H]6[C@H](OC(C)=O)[C@@H](OC(C)=O)[C@@H](O[C@H]7[C@H](OC(C)=O)[C@@H](OC(C)=O)[C@@H](O[C@H]1[C@H](OC(C)=O)[C@@H]2OC(C)=O)O[C@@H]7COC(C)=O)O[C@@H]6COC(C)=O)O[C@@H]5COC(C)=O)O[C@@H]4COC(C)=O)O[C@@H]3COC(C)=O. The molecular formula is C72H96O48. The molecule has 0 aliphatic carbocycles. The number of esters is 18. The van der Waals surface area contributed by atoms with Crippen molar-refractivity contribution in [1.29, 1.82) is 0 Å². The highest BCUT2D eigenvalue weighted by Crippen LogP contribution is 2.44. The van der Waals surface area contributed by atoms with E-state index in [0.717, 1.165) is 125 Å². The summed E-state index contributed by atoms with van der Waals surface area (Å²) in [6, 6.07) is 0. The molecule has 30 atom stereocenters. The lowest BCUT2D eigenvalue weighted by Crippen LogP contribution is -2.71. The molecule has 0 aromatic heterocycles. The number of hydrogen-bond acceptors (Lipinski definition) is 48. The molecule has 0 aromatic rings. The maximum atomic E-state index is 13.8. The third-order valence-corrected chi connectivity index (χ3v) is 17.6. The van der Waals surface area contributed by atoms with Crippen LogP contribution in [0.1, 0.15) is 125 Å². The standard InChI is InChI=1S/C72H96O48/c1-25(73)91-19-43-49-55(97-31(7)79)61(103-37(13)85)67(109-43)116-50-44(20-92-26(2)74)111-69(63(105-39(15)87)56(50)98-32(8)80)118-52-46(22-94-28(4)76)113-71(65(107-41(17)89)58(52)100-34(10)82)120-54-48(24-96-30(6)78)114-72(66(108-42(18)90)60(54)102-36(12)84)119-53-47(23-95-29(5)77)112-70(64(106-40(16)88)59(53)101-35(11)83)117-51-45(21-93-27(3)75)110-68(115-49)62(104-38(14)86)57(51)99-33(9)81/h43-72H,19-24H2,1-18H3/t43-,44-,45-,46-,47-,48-,49-,50-,51-,52-,53-,54-,55+,56+,57+,58+,59+,60+,61-,62-,63-,64-,65-,66+,67-,68-,69-,70-,71-,72-/m1/s1. The van der Waals surface area contributed by atoms with Gasteiger partial charge in [-0.2, -0.15) is 0 Å². The molecule has 48 heteroatoms. The normalized spacial score (nSPS) is 34.6. The maximum Gasteiger partial charge on any atom is 0.303 e. The largest absolute Gasteiger partial charge is 0.463 e. The van der Waals surface area contributed by atoms with Gasteiger partial charge in [0.1, 0.15) is 113 Å². The molecule has 0 aromatic carbocycles. The van der Waals surface area contributed by atoms with Crippen molar-refractivity contribution in [3.05, 3.63) is 0 Å². The summed E-state index contributed by atoms with van der Waals surface area (Å²) < 4.78 is 183. The third-order valence-electron chi connectivity index (χ3n) is 17.6. The summed E-state index contributed by atoms with van der Waals surface area (Å²) in [6.07, 6.45) is -67.3. The summed E-state index contributed by atoms with van der Waals surface area (Å²) in [4.78, 5) is 243. The first-order chi connectivity index (χ1) is 56.3. The molecule has 0 amide bonds. The van der Waals surface area contributed by atoms with Crippen molar-refractivity contribution in [2.24, 2.45) is 0 Å². The molecule has 120 heavy (non-hydrogen) atoms. The smallest absolute Gasteiger partial charge is 0.303 e. The molecule has 22 aliphatic rings. The van der Waals surface area contributed by atoms with Crippen molar-refractivity contribution in [3.63, 3.8) is 0 Å². The Morgan fingerprint density at radius 3 is 0.342 bits per heavy atom. The van der Waals surface area contributed by atoms with Crippen molar-refractivity contribution in [3.8, 4) is 0 Å². The molecule has 22 aliphatic heterocycles. The second kappa shape index (κ2) is 44.0. The molecule has 22 fully saturated rings. The Labute approximate surface area is 682 Å². The van der Waals surface area contributed by atoms with Crippen LogP contribution in [0.25, 0.3) is 0 Å². The second-order valence-corrected chi connectivity index (χ2v) is 27.6. The second-order valence-electron chi connectivity index (χ2n) is 27.6. The Bertz CT molecular complexity index is 3120. The van der Waals surface area contributed by atoms with Crippen LogP contribution in [-0.4, -0.2) is 331 Å². The first-order valence-electron chi connectivity index (χ1n) is 37.0. The van der Waals surface area contributed by atoms with Gasteiger partial charge in [-0.3, -0.25) is 86.3 Å². The average molecular weight is 1730 g/mol. The Morgan fingerprint density at radius 2 is 0.250 bits per heavy atom. The average Bonchev–Trinajstić information content (AvgIpc) is 0.755. The van der Waals surface area contributed by atoms with Crippen LogP contribution >= 0.6 is 0 Å². The minimum atomic E-state index is -2.39. The van der Waals surface area contributed by atoms with Gasteiger partial charge in [-0.1, -0.05) is 0 Å². The van der Waals surface area contributed by atoms with Crippen LogP contribution in [0, 0.1) is 0 Å². The van der Waals surface area contributed by atoms with E-state index in [1.807, 2.05) is 0 Å². The minimum absolute atomic E-state index is 0.826. The number of rotatable bonds is 24. The van der Waals surface area contributed by atoms with Gasteiger partial charge in [0.25, 0.3) is 0 Å². The van der Waals surface area contributed by atoms with Crippen molar-refractivity contribution in [1.82, 2.24) is 0 Å². The Kier molecular flexibility index (Phi) is 35.6. The molecule has 0 spiro atoms. The molecule has 12 bridgehead atoms. The van der Waals surface area contributed by atoms with Crippen LogP contribution < -0.4 is 0 Å². The lowest BCUT2D eigenvalue weighted by molar-refractivity contribution is -0.404. The maximum absolute atomic E-state index is 13.8. The zero-order valence-corrected chi connectivity index (χ0v) is 68.2. The van der Waals surface area contributed by atoms with Gasteiger partial charge in [0, 0.05) is 125 Å². The van der Waals surface area contributed by atoms with Gasteiger partial charge >= 0.3 is 107 Å². The Balaban J connectivity index is 1.64. The van der Waals surface area contributed by atoms with Crippen LogP contribution in [0.5, 0.6) is 0 Å². The number of hydrogen-bond donors (Lipinski definition) is 0. The summed E-state index contributed by atoms with van der Waals surface area (Å²) >= 11 is 0. The number of carbonyl (C=O) groups is 18. The molecule has 0 radical (unpaired) electrons. The van der Waals surface area contributed by atoms with E-state index in [1.54, 1.807) is 0 Å². The highest BCUT2D eigenvalue weighted by Gasteiger charge is 2.65. The van der Waals surface area contributed by atoms with Gasteiger partial charge in [-0.05, 0) is 0 Å². The first kappa shape index (κ1) is 97.1. The van der Waals surface area contributed by atoms with Crippen LogP contribution in [0.2, 0.25) is 0 Å². The predicted octanol–water partition coefficient (Wildman–Crippen LogP) is -2.78.